The highest BCUT2D eigenvalue weighted by Gasteiger charge is 2.55. The molecule has 1 nitrogen and oxygen atoms in total. The first-order valence-electron chi connectivity index (χ1n) is 4.78. The van der Waals surface area contributed by atoms with Crippen molar-refractivity contribution >= 4 is 0 Å². The van der Waals surface area contributed by atoms with Gasteiger partial charge in [-0.25, -0.2) is 0 Å². The van der Waals surface area contributed by atoms with Gasteiger partial charge in [0.15, 0.2) is 0 Å². The van der Waals surface area contributed by atoms with Crippen molar-refractivity contribution in [2.75, 3.05) is 13.2 Å². The van der Waals surface area contributed by atoms with E-state index < -0.39 is 0 Å². The average molecular weight is 164 g/mol. The molecule has 1 saturated carbocycles. The fraction of sp³-hybridized carbons (Fsp3) is 0.818. The van der Waals surface area contributed by atoms with Crippen LogP contribution in [0.1, 0.15) is 32.6 Å². The van der Waals surface area contributed by atoms with Crippen LogP contribution in [0, 0.1) is 23.2 Å². The molecule has 0 unspecified atom stereocenters. The molecule has 2 fully saturated rings. The maximum atomic E-state index is 5.59. The number of rotatable bonds is 1. The lowest BCUT2D eigenvalue weighted by Gasteiger charge is -2.38. The van der Waals surface area contributed by atoms with Crippen molar-refractivity contribution in [2.24, 2.45) is 10.8 Å². The summed E-state index contributed by atoms with van der Waals surface area (Å²) in [6, 6.07) is 0. The fourth-order valence-corrected chi connectivity index (χ4v) is 2.35. The van der Waals surface area contributed by atoms with Crippen molar-refractivity contribution in [3.8, 4) is 12.3 Å². The van der Waals surface area contributed by atoms with Crippen LogP contribution in [0.5, 0.6) is 0 Å². The Morgan fingerprint density at radius 1 is 1.17 bits per heavy atom. The van der Waals surface area contributed by atoms with Gasteiger partial charge in [-0.1, -0.05) is 12.8 Å². The largest absolute Gasteiger partial charge is 0.381 e. The van der Waals surface area contributed by atoms with Crippen LogP contribution >= 0.6 is 0 Å². The Labute approximate surface area is 74.5 Å². The molecule has 1 heterocycles. The molecule has 0 atom stereocenters. The third-order valence-electron chi connectivity index (χ3n) is 3.78. The lowest BCUT2D eigenvalue weighted by Crippen LogP contribution is -2.34. The maximum absolute atomic E-state index is 5.59. The van der Waals surface area contributed by atoms with Gasteiger partial charge in [-0.2, -0.15) is 0 Å². The van der Waals surface area contributed by atoms with Crippen molar-refractivity contribution in [1.82, 2.24) is 0 Å². The van der Waals surface area contributed by atoms with Crippen molar-refractivity contribution in [3.63, 3.8) is 0 Å². The Balaban J connectivity index is 2.14. The molecule has 12 heavy (non-hydrogen) atoms. The van der Waals surface area contributed by atoms with Crippen molar-refractivity contribution < 1.29 is 4.74 Å². The predicted molar refractivity (Wildman–Crippen MR) is 48.7 cm³/mol. The summed E-state index contributed by atoms with van der Waals surface area (Å²) in [4.78, 5) is 0. The molecule has 1 heteroatoms. The molecular weight excluding hydrogens is 148 g/mol. The molecule has 0 radical (unpaired) electrons. The van der Waals surface area contributed by atoms with E-state index in [0.29, 0.717) is 5.41 Å². The maximum Gasteiger partial charge on any atom is 0.0471 e. The van der Waals surface area contributed by atoms with Gasteiger partial charge >= 0.3 is 0 Å². The van der Waals surface area contributed by atoms with E-state index in [2.05, 4.69) is 12.8 Å². The first kappa shape index (κ1) is 8.13. The zero-order valence-electron chi connectivity index (χ0n) is 7.73. The minimum Gasteiger partial charge on any atom is -0.381 e. The number of ether oxygens (including phenoxy) is 1. The second kappa shape index (κ2) is 2.50. The molecule has 2 rings (SSSR count). The SMILES string of the molecule is C#CC1(C2(C)CCOCC2)CC1. The van der Waals surface area contributed by atoms with E-state index in [0.717, 1.165) is 26.1 Å². The molecule has 1 saturated heterocycles. The Hall–Kier alpha value is -0.480. The Morgan fingerprint density at radius 2 is 1.75 bits per heavy atom. The highest BCUT2D eigenvalue weighted by molar-refractivity contribution is 5.21. The van der Waals surface area contributed by atoms with Gasteiger partial charge < -0.3 is 4.74 Å². The van der Waals surface area contributed by atoms with E-state index in [1.54, 1.807) is 0 Å². The van der Waals surface area contributed by atoms with Crippen LogP contribution in [-0.2, 0) is 4.74 Å². The number of hydrogen-bond acceptors (Lipinski definition) is 1. The first-order valence-corrected chi connectivity index (χ1v) is 4.78. The Bertz CT molecular complexity index is 214. The van der Waals surface area contributed by atoms with Crippen LogP contribution < -0.4 is 0 Å². The minimum absolute atomic E-state index is 0.247. The molecule has 0 spiro atoms. The number of terminal acetylenes is 1. The van der Waals surface area contributed by atoms with Gasteiger partial charge in [-0.3, -0.25) is 0 Å². The molecule has 0 aromatic rings. The van der Waals surface area contributed by atoms with Crippen LogP contribution in [0.2, 0.25) is 0 Å². The first-order chi connectivity index (χ1) is 5.72. The fourth-order valence-electron chi connectivity index (χ4n) is 2.35. The molecule has 0 aromatic heterocycles. The third-order valence-corrected chi connectivity index (χ3v) is 3.78. The summed E-state index contributed by atoms with van der Waals surface area (Å²) < 4.78 is 5.36. The van der Waals surface area contributed by atoms with Crippen LogP contribution in [0.4, 0.5) is 0 Å². The molecule has 1 aliphatic carbocycles. The summed E-state index contributed by atoms with van der Waals surface area (Å²) in [5, 5.41) is 0. The quantitative estimate of drug-likeness (QED) is 0.540. The van der Waals surface area contributed by atoms with E-state index in [-0.39, 0.29) is 5.41 Å². The zero-order chi connectivity index (χ0) is 8.66. The molecule has 66 valence electrons. The summed E-state index contributed by atoms with van der Waals surface area (Å²) in [6.45, 7) is 4.14. The van der Waals surface area contributed by atoms with Gasteiger partial charge in [-0.05, 0) is 31.1 Å². The topological polar surface area (TPSA) is 9.23 Å². The lowest BCUT2D eigenvalue weighted by molar-refractivity contribution is -0.00166. The van der Waals surface area contributed by atoms with Crippen molar-refractivity contribution in [2.45, 2.75) is 32.6 Å². The predicted octanol–water partition coefficient (Wildman–Crippen LogP) is 2.22. The Morgan fingerprint density at radius 3 is 2.17 bits per heavy atom. The molecule has 1 aliphatic heterocycles. The van der Waals surface area contributed by atoms with E-state index in [1.807, 2.05) is 0 Å². The van der Waals surface area contributed by atoms with E-state index >= 15 is 0 Å². The van der Waals surface area contributed by atoms with Gasteiger partial charge in [0.05, 0.1) is 0 Å². The Kier molecular flexibility index (Phi) is 1.70. The van der Waals surface area contributed by atoms with Crippen molar-refractivity contribution in [3.05, 3.63) is 0 Å². The summed E-state index contributed by atoms with van der Waals surface area (Å²) in [5.74, 6) is 3.01. The van der Waals surface area contributed by atoms with Crippen LogP contribution in [0.3, 0.4) is 0 Å². The molecule has 0 bridgehead atoms. The zero-order valence-corrected chi connectivity index (χ0v) is 7.73. The average Bonchev–Trinajstić information content (AvgIpc) is 2.86. The molecule has 0 aromatic carbocycles. The van der Waals surface area contributed by atoms with Crippen LogP contribution in [-0.4, -0.2) is 13.2 Å². The second-order valence-corrected chi connectivity index (χ2v) is 4.40. The number of hydrogen-bond donors (Lipinski definition) is 0. The van der Waals surface area contributed by atoms with Gasteiger partial charge in [0, 0.05) is 18.6 Å². The molecule has 0 N–H and O–H groups in total. The summed E-state index contributed by atoms with van der Waals surface area (Å²) in [6.07, 6.45) is 10.4. The van der Waals surface area contributed by atoms with Gasteiger partial charge in [-0.15, -0.1) is 6.42 Å². The third kappa shape index (κ3) is 0.983. The van der Waals surface area contributed by atoms with Gasteiger partial charge in [0.2, 0.25) is 0 Å². The standard InChI is InChI=1S/C11H16O/c1-3-11(4-5-11)10(2)6-8-12-9-7-10/h1H,4-9H2,2H3. The summed E-state index contributed by atoms with van der Waals surface area (Å²) in [5.41, 5.74) is 0.622. The van der Waals surface area contributed by atoms with Crippen molar-refractivity contribution in [1.29, 1.82) is 0 Å². The monoisotopic (exact) mass is 164 g/mol. The minimum atomic E-state index is 0.247. The molecule has 0 amide bonds. The molecular formula is C11H16O. The summed E-state index contributed by atoms with van der Waals surface area (Å²) in [7, 11) is 0. The van der Waals surface area contributed by atoms with Crippen LogP contribution in [0.15, 0.2) is 0 Å². The highest BCUT2D eigenvalue weighted by Crippen LogP contribution is 2.61. The normalized spacial score (nSPS) is 30.7. The van der Waals surface area contributed by atoms with Gasteiger partial charge in [0.25, 0.3) is 0 Å². The van der Waals surface area contributed by atoms with E-state index in [4.69, 9.17) is 11.2 Å². The highest BCUT2D eigenvalue weighted by atomic mass is 16.5. The summed E-state index contributed by atoms with van der Waals surface area (Å²) >= 11 is 0. The molecule has 2 aliphatic rings. The second-order valence-electron chi connectivity index (χ2n) is 4.40. The van der Waals surface area contributed by atoms with Crippen LogP contribution in [0.25, 0.3) is 0 Å². The smallest absolute Gasteiger partial charge is 0.0471 e. The van der Waals surface area contributed by atoms with E-state index in [1.165, 1.54) is 12.8 Å². The van der Waals surface area contributed by atoms with Gasteiger partial charge in [0.1, 0.15) is 0 Å². The van der Waals surface area contributed by atoms with E-state index in [9.17, 15) is 0 Å². The lowest BCUT2D eigenvalue weighted by atomic mass is 9.69.